The molecule has 0 bridgehead atoms. The van der Waals surface area contributed by atoms with Gasteiger partial charge in [0.1, 0.15) is 0 Å². The zero-order valence-electron chi connectivity index (χ0n) is 18.6. The maximum absolute atomic E-state index is 12.7. The largest absolute Gasteiger partial charge is 0.355 e. The molecule has 5 aromatic rings. The van der Waals surface area contributed by atoms with Gasteiger partial charge in [-0.05, 0) is 72.8 Å². The van der Waals surface area contributed by atoms with Crippen molar-refractivity contribution in [2.45, 2.75) is 0 Å². The van der Waals surface area contributed by atoms with Crippen LogP contribution in [0.1, 0.15) is 15.9 Å². The van der Waals surface area contributed by atoms with Gasteiger partial charge in [0.2, 0.25) is 0 Å². The normalized spacial score (nSPS) is 10.4. The number of fused-ring (bicyclic) bond motifs is 1. The summed E-state index contributed by atoms with van der Waals surface area (Å²) in [7, 11) is 0. The molecule has 0 fully saturated rings. The summed E-state index contributed by atoms with van der Waals surface area (Å²) >= 11 is 0. The Kier molecular flexibility index (Phi) is 6.01. The average Bonchev–Trinajstić information content (AvgIpc) is 2.91. The third kappa shape index (κ3) is 5.07. The van der Waals surface area contributed by atoms with Crippen LogP contribution in [0.3, 0.4) is 0 Å². The van der Waals surface area contributed by atoms with Crippen molar-refractivity contribution in [3.8, 4) is 6.07 Å². The van der Waals surface area contributed by atoms with E-state index in [0.29, 0.717) is 16.8 Å². The molecule has 1 amide bonds. The molecule has 0 spiro atoms. The Morgan fingerprint density at radius 2 is 1.37 bits per heavy atom. The van der Waals surface area contributed by atoms with Gasteiger partial charge in [0.25, 0.3) is 5.91 Å². The van der Waals surface area contributed by atoms with Crippen molar-refractivity contribution in [1.82, 2.24) is 9.97 Å². The molecule has 2 heterocycles. The highest BCUT2D eigenvalue weighted by Gasteiger charge is 2.08. The lowest BCUT2D eigenvalue weighted by atomic mass is 10.1. The molecule has 0 atom stereocenters. The maximum atomic E-state index is 12.7. The Balaban J connectivity index is 1.25. The topological polar surface area (TPSA) is 103 Å². The SMILES string of the molecule is N#Cc1ccc2cncc(Nc3ccc(C(=O)Nc4ccc(Nc5ccncc5)cc4)cc3)c2c1. The molecular formula is C28H20N6O. The van der Waals surface area contributed by atoms with Crippen molar-refractivity contribution in [3.63, 3.8) is 0 Å². The summed E-state index contributed by atoms with van der Waals surface area (Å²) in [6, 6.07) is 26.1. The number of anilines is 5. The number of hydrogen-bond donors (Lipinski definition) is 3. The van der Waals surface area contributed by atoms with Crippen LogP contribution >= 0.6 is 0 Å². The second-order valence-electron chi connectivity index (χ2n) is 7.83. The number of nitrogens with zero attached hydrogens (tertiary/aromatic N) is 3. The maximum Gasteiger partial charge on any atom is 0.255 e. The molecule has 0 saturated carbocycles. The summed E-state index contributed by atoms with van der Waals surface area (Å²) in [6.45, 7) is 0. The molecule has 0 aliphatic carbocycles. The number of nitrogens with one attached hydrogen (secondary N) is 3. The van der Waals surface area contributed by atoms with Gasteiger partial charge in [-0.15, -0.1) is 0 Å². The van der Waals surface area contributed by atoms with Crippen LogP contribution in [-0.2, 0) is 0 Å². The molecule has 0 radical (unpaired) electrons. The Morgan fingerprint density at radius 1 is 0.714 bits per heavy atom. The zero-order chi connectivity index (χ0) is 24.0. The fourth-order valence-corrected chi connectivity index (χ4v) is 3.64. The summed E-state index contributed by atoms with van der Waals surface area (Å²) in [5.74, 6) is -0.197. The number of carbonyl (C=O) groups excluding carboxylic acids is 1. The van der Waals surface area contributed by atoms with E-state index >= 15 is 0 Å². The molecule has 0 unspecified atom stereocenters. The van der Waals surface area contributed by atoms with E-state index < -0.39 is 0 Å². The predicted molar refractivity (Wildman–Crippen MR) is 138 cm³/mol. The van der Waals surface area contributed by atoms with E-state index in [-0.39, 0.29) is 5.91 Å². The third-order valence-electron chi connectivity index (χ3n) is 5.43. The van der Waals surface area contributed by atoms with E-state index in [1.54, 1.807) is 43.0 Å². The van der Waals surface area contributed by atoms with E-state index in [4.69, 9.17) is 0 Å². The Morgan fingerprint density at radius 3 is 2.11 bits per heavy atom. The Hall–Kier alpha value is -5.22. The first-order valence-electron chi connectivity index (χ1n) is 10.9. The number of carbonyl (C=O) groups is 1. The summed E-state index contributed by atoms with van der Waals surface area (Å²) in [4.78, 5) is 21.0. The van der Waals surface area contributed by atoms with Gasteiger partial charge in [0.15, 0.2) is 0 Å². The number of pyridine rings is 2. The van der Waals surface area contributed by atoms with Crippen LogP contribution in [0, 0.1) is 11.3 Å². The van der Waals surface area contributed by atoms with E-state index in [1.807, 2.05) is 60.7 Å². The van der Waals surface area contributed by atoms with Crippen LogP contribution in [0.5, 0.6) is 0 Å². The van der Waals surface area contributed by atoms with Crippen molar-refractivity contribution in [3.05, 3.63) is 115 Å². The lowest BCUT2D eigenvalue weighted by Gasteiger charge is -2.11. The van der Waals surface area contributed by atoms with Crippen LogP contribution in [0.2, 0.25) is 0 Å². The van der Waals surface area contributed by atoms with E-state index in [9.17, 15) is 10.1 Å². The molecule has 0 aliphatic rings. The van der Waals surface area contributed by atoms with Crippen LogP contribution in [-0.4, -0.2) is 15.9 Å². The van der Waals surface area contributed by atoms with Crippen molar-refractivity contribution in [2.75, 3.05) is 16.0 Å². The molecule has 7 nitrogen and oxygen atoms in total. The molecular weight excluding hydrogens is 436 g/mol. The third-order valence-corrected chi connectivity index (χ3v) is 5.43. The summed E-state index contributed by atoms with van der Waals surface area (Å²) in [5.41, 5.74) is 5.27. The molecule has 3 aromatic carbocycles. The molecule has 0 aliphatic heterocycles. The van der Waals surface area contributed by atoms with Crippen LogP contribution in [0.15, 0.2) is 104 Å². The molecule has 7 heteroatoms. The van der Waals surface area contributed by atoms with E-state index in [1.165, 1.54) is 0 Å². The summed E-state index contributed by atoms with van der Waals surface area (Å²) in [5, 5.41) is 20.6. The number of benzene rings is 3. The smallest absolute Gasteiger partial charge is 0.255 e. The first kappa shape index (κ1) is 21.6. The highest BCUT2D eigenvalue weighted by atomic mass is 16.1. The van der Waals surface area contributed by atoms with Gasteiger partial charge in [-0.1, -0.05) is 6.07 Å². The lowest BCUT2D eigenvalue weighted by molar-refractivity contribution is 0.102. The number of hydrogen-bond acceptors (Lipinski definition) is 6. The van der Waals surface area contributed by atoms with Crippen molar-refractivity contribution >= 4 is 45.1 Å². The number of amides is 1. The predicted octanol–water partition coefficient (Wildman–Crippen LogP) is 6.24. The number of aromatic nitrogens is 2. The molecule has 0 saturated heterocycles. The van der Waals surface area contributed by atoms with Gasteiger partial charge in [-0.3, -0.25) is 14.8 Å². The quantitative estimate of drug-likeness (QED) is 0.279. The number of rotatable bonds is 6. The minimum Gasteiger partial charge on any atom is -0.355 e. The highest BCUT2D eigenvalue weighted by Crippen LogP contribution is 2.27. The second kappa shape index (κ2) is 9.73. The second-order valence-corrected chi connectivity index (χ2v) is 7.83. The minimum atomic E-state index is -0.197. The van der Waals surface area contributed by atoms with Gasteiger partial charge in [0.05, 0.1) is 23.5 Å². The Bertz CT molecular complexity index is 1520. The molecule has 168 valence electrons. The summed E-state index contributed by atoms with van der Waals surface area (Å²) < 4.78 is 0. The standard InChI is InChI=1S/C28H20N6O/c29-16-19-1-2-21-17-31-18-27(26(21)15-19)33-23-5-3-20(4-6-23)28(35)34-24-9-7-22(8-10-24)32-25-11-13-30-14-12-25/h1-15,17-18,33H,(H,30,32)(H,34,35). The van der Waals surface area contributed by atoms with Crippen LogP contribution in [0.4, 0.5) is 28.4 Å². The molecule has 35 heavy (non-hydrogen) atoms. The monoisotopic (exact) mass is 456 g/mol. The van der Waals surface area contributed by atoms with Crippen LogP contribution < -0.4 is 16.0 Å². The average molecular weight is 457 g/mol. The Labute approximate surface area is 202 Å². The van der Waals surface area contributed by atoms with Crippen molar-refractivity contribution < 1.29 is 4.79 Å². The summed E-state index contributed by atoms with van der Waals surface area (Å²) in [6.07, 6.45) is 6.93. The van der Waals surface area contributed by atoms with Crippen molar-refractivity contribution in [2.24, 2.45) is 0 Å². The lowest BCUT2D eigenvalue weighted by Crippen LogP contribution is -2.11. The van der Waals surface area contributed by atoms with Gasteiger partial charge in [0, 0.05) is 57.7 Å². The van der Waals surface area contributed by atoms with Gasteiger partial charge < -0.3 is 16.0 Å². The van der Waals surface area contributed by atoms with E-state index in [2.05, 4.69) is 32.0 Å². The first-order chi connectivity index (χ1) is 17.2. The molecule has 5 rings (SSSR count). The highest BCUT2D eigenvalue weighted by molar-refractivity contribution is 6.04. The fraction of sp³-hybridized carbons (Fsp3) is 0. The first-order valence-corrected chi connectivity index (χ1v) is 10.9. The van der Waals surface area contributed by atoms with Gasteiger partial charge >= 0.3 is 0 Å². The van der Waals surface area contributed by atoms with Crippen LogP contribution in [0.25, 0.3) is 10.8 Å². The van der Waals surface area contributed by atoms with E-state index in [0.717, 1.165) is 33.5 Å². The van der Waals surface area contributed by atoms with Gasteiger partial charge in [-0.25, -0.2) is 0 Å². The molecule has 3 N–H and O–H groups in total. The van der Waals surface area contributed by atoms with Gasteiger partial charge in [-0.2, -0.15) is 5.26 Å². The van der Waals surface area contributed by atoms with Crippen molar-refractivity contribution in [1.29, 1.82) is 5.26 Å². The number of nitriles is 1. The molecule has 2 aromatic heterocycles. The zero-order valence-corrected chi connectivity index (χ0v) is 18.6. The fourth-order valence-electron chi connectivity index (χ4n) is 3.64. The minimum absolute atomic E-state index is 0.197.